The number of aryl methyl sites for hydroxylation is 1. The molecule has 3 fully saturated rings. The molecule has 0 spiro atoms. The summed E-state index contributed by atoms with van der Waals surface area (Å²) in [4.78, 5) is 27.7. The SMILES string of the molecule is Cc1ccc(Cl)cc1NC(=O)[C@H]1CC[C@H]2[C@@H]3CC[C@H]4N(C)C(=O)C=C[C@]4(C)[C@H]3CC[C@]12C. The highest BCUT2D eigenvalue weighted by Gasteiger charge is 2.61. The molecule has 5 heteroatoms. The first-order valence-electron chi connectivity index (χ1n) is 12.2. The Morgan fingerprint density at radius 3 is 2.69 bits per heavy atom. The highest BCUT2D eigenvalue weighted by Crippen LogP contribution is 2.65. The standard InChI is InChI=1S/C27H35ClN2O2/c1-16-5-6-17(28)15-22(16)29-25(32)21-9-8-19-18-7-10-23-27(3,14-12-24(31)30(23)4)20(18)11-13-26(19,21)2/h5-6,12,14-15,18-21,23H,7-11,13H2,1-4H3,(H,29,32)/t18-,19-,20-,21+,23+,26-,27+/m0/s1. The summed E-state index contributed by atoms with van der Waals surface area (Å²) in [5.41, 5.74) is 1.96. The van der Waals surface area contributed by atoms with Crippen molar-refractivity contribution < 1.29 is 9.59 Å². The minimum atomic E-state index is 0.0427. The van der Waals surface area contributed by atoms with Crippen LogP contribution >= 0.6 is 11.6 Å². The Hall–Kier alpha value is -1.81. The van der Waals surface area contributed by atoms with Gasteiger partial charge >= 0.3 is 0 Å². The van der Waals surface area contributed by atoms with Crippen molar-refractivity contribution in [3.63, 3.8) is 0 Å². The molecule has 4 aliphatic rings. The molecule has 4 nitrogen and oxygen atoms in total. The van der Waals surface area contributed by atoms with Crippen LogP contribution in [0.1, 0.15) is 57.9 Å². The quantitative estimate of drug-likeness (QED) is 0.610. The Kier molecular flexibility index (Phi) is 5.24. The normalized spacial score (nSPS) is 40.5. The Morgan fingerprint density at radius 2 is 1.91 bits per heavy atom. The summed E-state index contributed by atoms with van der Waals surface area (Å²) in [6, 6.07) is 5.98. The summed E-state index contributed by atoms with van der Waals surface area (Å²) in [7, 11) is 1.97. The largest absolute Gasteiger partial charge is 0.338 e. The first-order chi connectivity index (χ1) is 15.1. The molecule has 0 saturated heterocycles. The smallest absolute Gasteiger partial charge is 0.246 e. The lowest BCUT2D eigenvalue weighted by Gasteiger charge is -2.60. The molecule has 7 atom stereocenters. The molecule has 3 saturated carbocycles. The minimum absolute atomic E-state index is 0.0427. The van der Waals surface area contributed by atoms with E-state index in [0.29, 0.717) is 28.8 Å². The zero-order valence-electron chi connectivity index (χ0n) is 19.7. The second-order valence-corrected chi connectivity index (χ2v) is 11.7. The number of nitrogens with zero attached hydrogens (tertiary/aromatic N) is 1. The van der Waals surface area contributed by atoms with Crippen molar-refractivity contribution in [3.8, 4) is 0 Å². The van der Waals surface area contributed by atoms with Crippen molar-refractivity contribution in [1.82, 2.24) is 4.90 Å². The number of likely N-dealkylation sites (N-methyl/N-ethyl adjacent to an activating group) is 1. The topological polar surface area (TPSA) is 49.4 Å². The number of fused-ring (bicyclic) bond motifs is 5. The van der Waals surface area contributed by atoms with Crippen LogP contribution in [0.25, 0.3) is 0 Å². The van der Waals surface area contributed by atoms with Gasteiger partial charge in [0.1, 0.15) is 0 Å². The van der Waals surface area contributed by atoms with E-state index in [4.69, 9.17) is 11.6 Å². The Morgan fingerprint density at radius 1 is 1.12 bits per heavy atom. The molecule has 0 unspecified atom stereocenters. The van der Waals surface area contributed by atoms with E-state index in [0.717, 1.165) is 43.4 Å². The van der Waals surface area contributed by atoms with Crippen molar-refractivity contribution >= 4 is 29.1 Å². The summed E-state index contributed by atoms with van der Waals surface area (Å²) >= 11 is 6.18. The van der Waals surface area contributed by atoms with E-state index in [1.165, 1.54) is 6.42 Å². The molecular weight excluding hydrogens is 420 g/mol. The van der Waals surface area contributed by atoms with Crippen molar-refractivity contribution in [1.29, 1.82) is 0 Å². The van der Waals surface area contributed by atoms with Crippen LogP contribution in [0, 0.1) is 41.4 Å². The third-order valence-corrected chi connectivity index (χ3v) is 10.1. The zero-order valence-corrected chi connectivity index (χ0v) is 20.4. The second kappa shape index (κ2) is 7.62. The summed E-state index contributed by atoms with van der Waals surface area (Å²) in [5, 5.41) is 3.86. The van der Waals surface area contributed by atoms with Crippen LogP contribution in [0.15, 0.2) is 30.4 Å². The average Bonchev–Trinajstić information content (AvgIpc) is 3.11. The van der Waals surface area contributed by atoms with E-state index in [9.17, 15) is 9.59 Å². The molecule has 0 radical (unpaired) electrons. The van der Waals surface area contributed by atoms with E-state index < -0.39 is 0 Å². The van der Waals surface area contributed by atoms with Crippen LogP contribution in [0.3, 0.4) is 0 Å². The predicted molar refractivity (Wildman–Crippen MR) is 128 cm³/mol. The Balaban J connectivity index is 1.38. The van der Waals surface area contributed by atoms with Gasteiger partial charge in [-0.2, -0.15) is 0 Å². The molecular formula is C27H35ClN2O2. The maximum absolute atomic E-state index is 13.5. The highest BCUT2D eigenvalue weighted by atomic mass is 35.5. The molecule has 1 heterocycles. The number of halogens is 1. The van der Waals surface area contributed by atoms with Crippen LogP contribution in [-0.4, -0.2) is 29.8 Å². The summed E-state index contributed by atoms with van der Waals surface area (Å²) in [6.45, 7) is 6.75. The number of hydrogen-bond acceptors (Lipinski definition) is 2. The van der Waals surface area contributed by atoms with Crippen LogP contribution in [-0.2, 0) is 9.59 Å². The number of nitrogens with one attached hydrogen (secondary N) is 1. The van der Waals surface area contributed by atoms with Gasteiger partial charge in [0.2, 0.25) is 11.8 Å². The summed E-state index contributed by atoms with van der Waals surface area (Å²) < 4.78 is 0. The lowest BCUT2D eigenvalue weighted by molar-refractivity contribution is -0.141. The molecule has 0 bridgehead atoms. The summed E-state index contributed by atoms with van der Waals surface area (Å²) in [6.07, 6.45) is 10.6. The number of benzene rings is 1. The van der Waals surface area contributed by atoms with Gasteiger partial charge in [-0.3, -0.25) is 9.59 Å². The third-order valence-electron chi connectivity index (χ3n) is 9.90. The van der Waals surface area contributed by atoms with Gasteiger partial charge in [0, 0.05) is 35.1 Å². The van der Waals surface area contributed by atoms with Crippen molar-refractivity contribution in [2.24, 2.45) is 34.5 Å². The van der Waals surface area contributed by atoms with E-state index in [1.54, 1.807) is 6.08 Å². The van der Waals surface area contributed by atoms with Crippen molar-refractivity contribution in [3.05, 3.63) is 40.9 Å². The number of amides is 2. The average molecular weight is 455 g/mol. The van der Waals surface area contributed by atoms with Crippen molar-refractivity contribution in [2.75, 3.05) is 12.4 Å². The number of carbonyl (C=O) groups excluding carboxylic acids is 2. The van der Waals surface area contributed by atoms with Gasteiger partial charge in [-0.1, -0.05) is 37.6 Å². The molecule has 1 aliphatic heterocycles. The van der Waals surface area contributed by atoms with Crippen LogP contribution in [0.4, 0.5) is 5.69 Å². The Bertz CT molecular complexity index is 990. The minimum Gasteiger partial charge on any atom is -0.338 e. The maximum atomic E-state index is 13.5. The van der Waals surface area contributed by atoms with Gasteiger partial charge in [0.25, 0.3) is 0 Å². The first-order valence-corrected chi connectivity index (χ1v) is 12.6. The number of hydrogen-bond donors (Lipinski definition) is 1. The molecule has 1 N–H and O–H groups in total. The highest BCUT2D eigenvalue weighted by molar-refractivity contribution is 6.31. The van der Waals surface area contributed by atoms with Gasteiger partial charge in [-0.15, -0.1) is 0 Å². The predicted octanol–water partition coefficient (Wildman–Crippen LogP) is 5.84. The molecule has 2 amide bonds. The van der Waals surface area contributed by atoms with Crippen LogP contribution in [0.2, 0.25) is 5.02 Å². The fraction of sp³-hybridized carbons (Fsp3) is 0.630. The fourth-order valence-electron chi connectivity index (χ4n) is 8.12. The fourth-order valence-corrected chi connectivity index (χ4v) is 8.29. The molecule has 32 heavy (non-hydrogen) atoms. The second-order valence-electron chi connectivity index (χ2n) is 11.2. The molecule has 3 aliphatic carbocycles. The third kappa shape index (κ3) is 3.16. The zero-order chi connectivity index (χ0) is 22.8. The lowest BCUT2D eigenvalue weighted by atomic mass is 9.47. The molecule has 1 aromatic carbocycles. The first kappa shape index (κ1) is 22.0. The van der Waals surface area contributed by atoms with Gasteiger partial charge in [0.15, 0.2) is 0 Å². The van der Waals surface area contributed by atoms with Gasteiger partial charge in [-0.25, -0.2) is 0 Å². The molecule has 172 valence electrons. The monoisotopic (exact) mass is 454 g/mol. The van der Waals surface area contributed by atoms with Gasteiger partial charge < -0.3 is 10.2 Å². The van der Waals surface area contributed by atoms with E-state index >= 15 is 0 Å². The van der Waals surface area contributed by atoms with E-state index in [2.05, 4.69) is 25.2 Å². The Labute approximate surface area is 196 Å². The van der Waals surface area contributed by atoms with Crippen LogP contribution in [0.5, 0.6) is 0 Å². The number of rotatable bonds is 2. The lowest BCUT2D eigenvalue weighted by Crippen LogP contribution is -2.59. The van der Waals surface area contributed by atoms with Gasteiger partial charge in [0.05, 0.1) is 0 Å². The van der Waals surface area contributed by atoms with Gasteiger partial charge in [-0.05, 0) is 92.4 Å². The molecule has 5 rings (SSSR count). The number of anilines is 1. The van der Waals surface area contributed by atoms with E-state index in [1.807, 2.05) is 37.1 Å². The molecule has 0 aromatic heterocycles. The maximum Gasteiger partial charge on any atom is 0.246 e. The molecule has 1 aromatic rings. The summed E-state index contributed by atoms with van der Waals surface area (Å²) in [5.74, 6) is 2.13. The van der Waals surface area contributed by atoms with Crippen LogP contribution < -0.4 is 5.32 Å². The van der Waals surface area contributed by atoms with E-state index in [-0.39, 0.29) is 28.6 Å². The van der Waals surface area contributed by atoms with Crippen molar-refractivity contribution in [2.45, 2.75) is 65.3 Å². The number of carbonyl (C=O) groups is 2.